The average molecular weight is 502 g/mol. The number of halogens is 2. The van der Waals surface area contributed by atoms with E-state index in [9.17, 15) is 4.79 Å². The molecule has 8 nitrogen and oxygen atoms in total. The Bertz CT molecular complexity index is 1390. The fraction of sp³-hybridized carbons (Fsp3) is 0.333. The lowest BCUT2D eigenvalue weighted by Crippen LogP contribution is -2.23. The first-order chi connectivity index (χ1) is 15.3. The van der Waals surface area contributed by atoms with Gasteiger partial charge in [0.05, 0.1) is 0 Å². The molecule has 3 aromatic heterocycles. The van der Waals surface area contributed by atoms with Crippen molar-refractivity contribution in [1.29, 1.82) is 0 Å². The van der Waals surface area contributed by atoms with E-state index in [0.717, 1.165) is 24.5 Å². The normalized spacial score (nSPS) is 12.7. The highest BCUT2D eigenvalue weighted by Crippen LogP contribution is 2.24. The largest absolute Gasteiger partial charge is 0.324 e. The van der Waals surface area contributed by atoms with Gasteiger partial charge in [-0.05, 0) is 42.3 Å². The molecule has 0 atom stereocenters. The Kier molecular flexibility index (Phi) is 7.35. The highest BCUT2D eigenvalue weighted by molar-refractivity contribution is 5.85. The Labute approximate surface area is 210 Å². The standard InChI is InChI=1S/C24H27N7O.2ClH/c1-5-30-22(32)18-14-26-23(27-17-10-9-15-12-25-13-16(15)11-17)29-21(18)31(30)20-8-6-7-19(28-20)24(2,3)4;;/h6-11,14,25H,5,12-13H2,1-4H3,(H,26,27,29);2*1H. The van der Waals surface area contributed by atoms with Crippen molar-refractivity contribution in [2.24, 2.45) is 0 Å². The minimum Gasteiger partial charge on any atom is -0.324 e. The van der Waals surface area contributed by atoms with Gasteiger partial charge in [0.15, 0.2) is 11.5 Å². The van der Waals surface area contributed by atoms with Gasteiger partial charge in [-0.3, -0.25) is 4.79 Å². The molecular weight excluding hydrogens is 473 g/mol. The van der Waals surface area contributed by atoms with Gasteiger partial charge in [0.25, 0.3) is 5.56 Å². The zero-order chi connectivity index (χ0) is 22.5. The van der Waals surface area contributed by atoms with E-state index in [1.165, 1.54) is 11.1 Å². The van der Waals surface area contributed by atoms with Gasteiger partial charge in [-0.25, -0.2) is 19.3 Å². The molecule has 0 saturated heterocycles. The van der Waals surface area contributed by atoms with E-state index < -0.39 is 0 Å². The van der Waals surface area contributed by atoms with E-state index >= 15 is 0 Å². The SMILES string of the molecule is CCn1c(=O)c2cnc(Nc3ccc4c(c3)CNC4)nc2n1-c1cccc(C(C)(C)C)n1.Cl.Cl. The van der Waals surface area contributed by atoms with E-state index in [-0.39, 0.29) is 35.8 Å². The summed E-state index contributed by atoms with van der Waals surface area (Å²) in [6, 6.07) is 12.1. The molecule has 4 heterocycles. The summed E-state index contributed by atoms with van der Waals surface area (Å²) in [4.78, 5) is 27.0. The number of pyridine rings is 1. The number of hydrogen-bond acceptors (Lipinski definition) is 6. The van der Waals surface area contributed by atoms with Crippen LogP contribution in [0.15, 0.2) is 47.4 Å². The number of anilines is 2. The summed E-state index contributed by atoms with van der Waals surface area (Å²) in [6.07, 6.45) is 1.60. The molecule has 34 heavy (non-hydrogen) atoms. The molecule has 2 N–H and O–H groups in total. The van der Waals surface area contributed by atoms with Gasteiger partial charge in [0, 0.05) is 42.6 Å². The van der Waals surface area contributed by atoms with E-state index in [1.807, 2.05) is 31.2 Å². The minimum absolute atomic E-state index is 0. The fourth-order valence-corrected chi connectivity index (χ4v) is 4.07. The van der Waals surface area contributed by atoms with E-state index in [0.29, 0.717) is 29.3 Å². The van der Waals surface area contributed by atoms with Crippen LogP contribution in [0.1, 0.15) is 44.5 Å². The number of aromatic nitrogens is 5. The molecule has 0 fully saturated rings. The lowest BCUT2D eigenvalue weighted by molar-refractivity contribution is 0.545. The molecular formula is C24H29Cl2N7O. The van der Waals surface area contributed by atoms with Crippen LogP contribution in [-0.4, -0.2) is 24.3 Å². The third-order valence-corrected chi connectivity index (χ3v) is 5.79. The van der Waals surface area contributed by atoms with Gasteiger partial charge < -0.3 is 10.6 Å². The molecule has 4 aromatic rings. The Hall–Kier alpha value is -2.94. The van der Waals surface area contributed by atoms with Gasteiger partial charge in [-0.2, -0.15) is 4.98 Å². The third kappa shape index (κ3) is 4.53. The molecule has 0 amide bonds. The first-order valence-electron chi connectivity index (χ1n) is 10.9. The van der Waals surface area contributed by atoms with Crippen LogP contribution in [0.2, 0.25) is 0 Å². The van der Waals surface area contributed by atoms with Crippen LogP contribution in [0.3, 0.4) is 0 Å². The molecule has 10 heteroatoms. The highest BCUT2D eigenvalue weighted by Gasteiger charge is 2.20. The van der Waals surface area contributed by atoms with Crippen molar-refractivity contribution in [2.45, 2.75) is 52.7 Å². The maximum Gasteiger partial charge on any atom is 0.278 e. The van der Waals surface area contributed by atoms with E-state index in [4.69, 9.17) is 9.97 Å². The van der Waals surface area contributed by atoms with Crippen LogP contribution in [0.4, 0.5) is 11.6 Å². The molecule has 180 valence electrons. The van der Waals surface area contributed by atoms with Crippen LogP contribution >= 0.6 is 24.8 Å². The predicted molar refractivity (Wildman–Crippen MR) is 140 cm³/mol. The number of hydrogen-bond donors (Lipinski definition) is 2. The first kappa shape index (κ1) is 25.7. The number of nitrogens with one attached hydrogen (secondary N) is 2. The molecule has 5 rings (SSSR count). The Balaban J connectivity index is 0.00000162. The average Bonchev–Trinajstić information content (AvgIpc) is 3.34. The number of rotatable bonds is 4. The summed E-state index contributed by atoms with van der Waals surface area (Å²) in [5.41, 5.74) is 4.75. The molecule has 1 aromatic carbocycles. The number of fused-ring (bicyclic) bond motifs is 2. The van der Waals surface area contributed by atoms with Crippen molar-refractivity contribution in [3.05, 3.63) is 69.8 Å². The summed E-state index contributed by atoms with van der Waals surface area (Å²) >= 11 is 0. The second kappa shape index (κ2) is 9.74. The van der Waals surface area contributed by atoms with Crippen molar-refractivity contribution < 1.29 is 0 Å². The monoisotopic (exact) mass is 501 g/mol. The second-order valence-corrected chi connectivity index (χ2v) is 9.11. The van der Waals surface area contributed by atoms with Gasteiger partial charge in [-0.15, -0.1) is 24.8 Å². The molecule has 1 aliphatic rings. The van der Waals surface area contributed by atoms with Gasteiger partial charge >= 0.3 is 0 Å². The lowest BCUT2D eigenvalue weighted by atomic mass is 9.92. The number of nitrogens with zero attached hydrogens (tertiary/aromatic N) is 5. The zero-order valence-corrected chi connectivity index (χ0v) is 21.3. The molecule has 0 saturated carbocycles. The Morgan fingerprint density at radius 3 is 2.56 bits per heavy atom. The van der Waals surface area contributed by atoms with Crippen LogP contribution in [0, 0.1) is 0 Å². The summed E-state index contributed by atoms with van der Waals surface area (Å²) < 4.78 is 3.45. The highest BCUT2D eigenvalue weighted by atomic mass is 35.5. The summed E-state index contributed by atoms with van der Waals surface area (Å²) in [6.45, 7) is 10.6. The maximum absolute atomic E-state index is 13.0. The fourth-order valence-electron chi connectivity index (χ4n) is 4.07. The predicted octanol–water partition coefficient (Wildman–Crippen LogP) is 4.49. The van der Waals surface area contributed by atoms with Crippen LogP contribution in [0.25, 0.3) is 16.9 Å². The third-order valence-electron chi connectivity index (χ3n) is 5.79. The molecule has 0 bridgehead atoms. The van der Waals surface area contributed by atoms with Gasteiger partial charge in [-0.1, -0.05) is 32.9 Å². The maximum atomic E-state index is 13.0. The zero-order valence-electron chi connectivity index (χ0n) is 19.6. The molecule has 0 unspecified atom stereocenters. The van der Waals surface area contributed by atoms with Crippen molar-refractivity contribution in [3.63, 3.8) is 0 Å². The van der Waals surface area contributed by atoms with Crippen molar-refractivity contribution in [1.82, 2.24) is 29.6 Å². The van der Waals surface area contributed by atoms with E-state index in [1.54, 1.807) is 15.6 Å². The minimum atomic E-state index is -0.124. The molecule has 0 spiro atoms. The molecule has 0 aliphatic carbocycles. The van der Waals surface area contributed by atoms with Crippen molar-refractivity contribution >= 4 is 47.5 Å². The Morgan fingerprint density at radius 1 is 1.06 bits per heavy atom. The Morgan fingerprint density at radius 2 is 1.82 bits per heavy atom. The van der Waals surface area contributed by atoms with Crippen LogP contribution in [-0.2, 0) is 25.0 Å². The quantitative estimate of drug-likeness (QED) is 0.428. The van der Waals surface area contributed by atoms with Crippen LogP contribution < -0.4 is 16.2 Å². The summed E-state index contributed by atoms with van der Waals surface area (Å²) in [5.74, 6) is 1.11. The topological polar surface area (TPSA) is 89.7 Å². The van der Waals surface area contributed by atoms with Gasteiger partial charge in [0.1, 0.15) is 5.39 Å². The number of benzene rings is 1. The van der Waals surface area contributed by atoms with E-state index in [2.05, 4.69) is 48.5 Å². The van der Waals surface area contributed by atoms with Gasteiger partial charge in [0.2, 0.25) is 5.95 Å². The summed E-state index contributed by atoms with van der Waals surface area (Å²) in [5, 5.41) is 7.11. The summed E-state index contributed by atoms with van der Waals surface area (Å²) in [7, 11) is 0. The van der Waals surface area contributed by atoms with Crippen molar-refractivity contribution in [3.8, 4) is 5.82 Å². The molecule has 1 aliphatic heterocycles. The first-order valence-corrected chi connectivity index (χ1v) is 10.9. The second-order valence-electron chi connectivity index (χ2n) is 9.11. The molecule has 0 radical (unpaired) electrons. The van der Waals surface area contributed by atoms with Crippen LogP contribution in [0.5, 0.6) is 0 Å². The lowest BCUT2D eigenvalue weighted by Gasteiger charge is -2.19. The smallest absolute Gasteiger partial charge is 0.278 e. The van der Waals surface area contributed by atoms with Crippen molar-refractivity contribution in [2.75, 3.05) is 5.32 Å².